The molecule has 3 heterocycles. The molecule has 2 N–H and O–H groups in total. The maximum absolute atomic E-state index is 12.3. The molecule has 0 spiro atoms. The molecule has 0 radical (unpaired) electrons. The van der Waals surface area contributed by atoms with Crippen LogP contribution in [0.15, 0.2) is 6.20 Å². The molecule has 0 aliphatic carbocycles. The summed E-state index contributed by atoms with van der Waals surface area (Å²) in [6.07, 6.45) is 3.22. The van der Waals surface area contributed by atoms with Crippen molar-refractivity contribution in [2.24, 2.45) is 7.05 Å². The lowest BCUT2D eigenvalue weighted by molar-refractivity contribution is -0.0566. The summed E-state index contributed by atoms with van der Waals surface area (Å²) in [4.78, 5) is 14.6. The SMILES string of the molecule is Cn1cc(Cl)c(C(=O)N[C@@H]2C[C@H]3CO[C@@H](CCO)CN3C2)n1. The number of aromatic nitrogens is 2. The van der Waals surface area contributed by atoms with E-state index in [1.807, 2.05) is 0 Å². The van der Waals surface area contributed by atoms with Crippen LogP contribution in [0, 0.1) is 0 Å². The highest BCUT2D eigenvalue weighted by Crippen LogP contribution is 2.24. The van der Waals surface area contributed by atoms with Crippen molar-refractivity contribution in [2.45, 2.75) is 31.0 Å². The fraction of sp³-hybridized carbons (Fsp3) is 0.714. The molecule has 2 aliphatic rings. The smallest absolute Gasteiger partial charge is 0.273 e. The number of rotatable bonds is 4. The van der Waals surface area contributed by atoms with Gasteiger partial charge in [0.1, 0.15) is 0 Å². The molecule has 0 unspecified atom stereocenters. The second-order valence-corrected chi connectivity index (χ2v) is 6.39. The largest absolute Gasteiger partial charge is 0.396 e. The summed E-state index contributed by atoms with van der Waals surface area (Å²) in [6.45, 7) is 2.40. The highest BCUT2D eigenvalue weighted by Gasteiger charge is 2.38. The number of hydrogen-bond acceptors (Lipinski definition) is 5. The van der Waals surface area contributed by atoms with Crippen molar-refractivity contribution in [3.8, 4) is 0 Å². The van der Waals surface area contributed by atoms with Crippen LogP contribution in [0.2, 0.25) is 5.02 Å². The Kier molecular flexibility index (Phi) is 4.67. The van der Waals surface area contributed by atoms with Crippen LogP contribution in [0.4, 0.5) is 0 Å². The Labute approximate surface area is 134 Å². The first-order valence-electron chi connectivity index (χ1n) is 7.53. The van der Waals surface area contributed by atoms with Gasteiger partial charge in [0.2, 0.25) is 0 Å². The van der Waals surface area contributed by atoms with E-state index in [9.17, 15) is 4.79 Å². The van der Waals surface area contributed by atoms with E-state index < -0.39 is 0 Å². The number of amides is 1. The second-order valence-electron chi connectivity index (χ2n) is 5.98. The molecule has 1 amide bonds. The highest BCUT2D eigenvalue weighted by atomic mass is 35.5. The third kappa shape index (κ3) is 3.27. The zero-order valence-corrected chi connectivity index (χ0v) is 13.3. The minimum absolute atomic E-state index is 0.0760. The van der Waals surface area contributed by atoms with Crippen LogP contribution < -0.4 is 5.32 Å². The molecule has 0 aromatic carbocycles. The Morgan fingerprint density at radius 3 is 3.09 bits per heavy atom. The lowest BCUT2D eigenvalue weighted by Gasteiger charge is -2.34. The van der Waals surface area contributed by atoms with Gasteiger partial charge in [-0.3, -0.25) is 14.4 Å². The summed E-state index contributed by atoms with van der Waals surface area (Å²) in [6, 6.07) is 0.409. The Morgan fingerprint density at radius 2 is 2.41 bits per heavy atom. The molecule has 0 bridgehead atoms. The normalized spacial score (nSPS) is 28.6. The van der Waals surface area contributed by atoms with Gasteiger partial charge in [-0.2, -0.15) is 5.10 Å². The van der Waals surface area contributed by atoms with E-state index in [0.29, 0.717) is 24.1 Å². The predicted molar refractivity (Wildman–Crippen MR) is 80.9 cm³/mol. The van der Waals surface area contributed by atoms with E-state index in [2.05, 4.69) is 15.3 Å². The third-order valence-electron chi connectivity index (χ3n) is 4.28. The van der Waals surface area contributed by atoms with Crippen molar-refractivity contribution in [1.29, 1.82) is 0 Å². The van der Waals surface area contributed by atoms with Crippen LogP contribution in [0.5, 0.6) is 0 Å². The molecule has 3 atom stereocenters. The Morgan fingerprint density at radius 1 is 1.59 bits per heavy atom. The Hall–Kier alpha value is -1.15. The molecule has 122 valence electrons. The third-order valence-corrected chi connectivity index (χ3v) is 4.55. The van der Waals surface area contributed by atoms with E-state index in [1.165, 1.54) is 4.68 Å². The first-order valence-corrected chi connectivity index (χ1v) is 7.91. The van der Waals surface area contributed by atoms with Crippen LogP contribution in [0.1, 0.15) is 23.3 Å². The predicted octanol–water partition coefficient (Wildman–Crippen LogP) is 0.0274. The van der Waals surface area contributed by atoms with E-state index in [4.69, 9.17) is 21.4 Å². The minimum atomic E-state index is -0.233. The molecule has 2 aliphatic heterocycles. The van der Waals surface area contributed by atoms with E-state index >= 15 is 0 Å². The molecule has 22 heavy (non-hydrogen) atoms. The molecule has 1 aromatic heterocycles. The fourth-order valence-electron chi connectivity index (χ4n) is 3.23. The number of aliphatic hydroxyl groups excluding tert-OH is 1. The average molecular weight is 329 g/mol. The monoisotopic (exact) mass is 328 g/mol. The van der Waals surface area contributed by atoms with Gasteiger partial charge in [0, 0.05) is 45.0 Å². The van der Waals surface area contributed by atoms with Crippen molar-refractivity contribution >= 4 is 17.5 Å². The molecular formula is C14H21ClN4O3. The van der Waals surface area contributed by atoms with Crippen LogP contribution in [-0.4, -0.2) is 70.2 Å². The lowest BCUT2D eigenvalue weighted by atomic mass is 10.1. The van der Waals surface area contributed by atoms with Crippen molar-refractivity contribution in [1.82, 2.24) is 20.0 Å². The molecule has 2 fully saturated rings. The summed E-state index contributed by atoms with van der Waals surface area (Å²) < 4.78 is 7.27. The van der Waals surface area contributed by atoms with Crippen LogP contribution in [0.3, 0.4) is 0 Å². The summed E-state index contributed by atoms with van der Waals surface area (Å²) in [5.74, 6) is -0.233. The zero-order valence-electron chi connectivity index (χ0n) is 12.5. The van der Waals surface area contributed by atoms with Crippen molar-refractivity contribution in [3.05, 3.63) is 16.9 Å². The fourth-order valence-corrected chi connectivity index (χ4v) is 3.50. The number of hydrogen-bond donors (Lipinski definition) is 2. The number of nitrogens with zero attached hydrogens (tertiary/aromatic N) is 3. The van der Waals surface area contributed by atoms with Gasteiger partial charge in [0.05, 0.1) is 17.7 Å². The first-order chi connectivity index (χ1) is 10.6. The minimum Gasteiger partial charge on any atom is -0.396 e. The summed E-state index contributed by atoms with van der Waals surface area (Å²) in [5, 5.41) is 16.5. The Bertz CT molecular complexity index is 550. The molecule has 8 heteroatoms. The number of aryl methyl sites for hydroxylation is 1. The summed E-state index contributed by atoms with van der Waals surface area (Å²) in [5.41, 5.74) is 0.267. The molecular weight excluding hydrogens is 308 g/mol. The standard InChI is InChI=1S/C14H21ClN4O3/c1-18-7-12(15)13(17-18)14(21)16-9-4-10-8-22-11(2-3-20)6-19(10)5-9/h7,9-11,20H,2-6,8H2,1H3,(H,16,21)/t9-,10+,11+/m1/s1. The molecule has 1 aromatic rings. The van der Waals surface area contributed by atoms with Gasteiger partial charge in [-0.15, -0.1) is 0 Å². The maximum Gasteiger partial charge on any atom is 0.273 e. The number of halogens is 1. The number of carbonyl (C=O) groups is 1. The van der Waals surface area contributed by atoms with Crippen molar-refractivity contribution in [3.63, 3.8) is 0 Å². The number of fused-ring (bicyclic) bond motifs is 1. The molecule has 0 saturated carbocycles. The number of morpholine rings is 1. The average Bonchev–Trinajstić information content (AvgIpc) is 3.01. The zero-order chi connectivity index (χ0) is 15.7. The van der Waals surface area contributed by atoms with Crippen LogP contribution >= 0.6 is 11.6 Å². The molecule has 3 rings (SSSR count). The second kappa shape index (κ2) is 6.54. The van der Waals surface area contributed by atoms with Gasteiger partial charge in [0.15, 0.2) is 5.69 Å². The topological polar surface area (TPSA) is 79.6 Å². The Balaban J connectivity index is 1.57. The van der Waals surface area contributed by atoms with Crippen molar-refractivity contribution in [2.75, 3.05) is 26.3 Å². The number of carbonyl (C=O) groups excluding carboxylic acids is 1. The van der Waals surface area contributed by atoms with E-state index in [0.717, 1.165) is 19.5 Å². The van der Waals surface area contributed by atoms with Gasteiger partial charge in [-0.05, 0) is 12.8 Å². The quantitative estimate of drug-likeness (QED) is 0.815. The van der Waals surface area contributed by atoms with Crippen molar-refractivity contribution < 1.29 is 14.6 Å². The number of aliphatic hydroxyl groups is 1. The van der Waals surface area contributed by atoms with Gasteiger partial charge in [-0.25, -0.2) is 0 Å². The lowest BCUT2D eigenvalue weighted by Crippen LogP contribution is -2.46. The number of ether oxygens (including phenoxy) is 1. The number of nitrogens with one attached hydrogen (secondary N) is 1. The van der Waals surface area contributed by atoms with E-state index in [1.54, 1.807) is 13.2 Å². The van der Waals surface area contributed by atoms with Gasteiger partial charge in [0.25, 0.3) is 5.91 Å². The van der Waals surface area contributed by atoms with Gasteiger partial charge < -0.3 is 15.2 Å². The summed E-state index contributed by atoms with van der Waals surface area (Å²) >= 11 is 6.00. The molecule has 2 saturated heterocycles. The summed E-state index contributed by atoms with van der Waals surface area (Å²) in [7, 11) is 1.73. The van der Waals surface area contributed by atoms with E-state index in [-0.39, 0.29) is 30.4 Å². The first kappa shape index (κ1) is 15.7. The van der Waals surface area contributed by atoms with Gasteiger partial charge >= 0.3 is 0 Å². The maximum atomic E-state index is 12.3. The van der Waals surface area contributed by atoms with Crippen LogP contribution in [0.25, 0.3) is 0 Å². The van der Waals surface area contributed by atoms with Gasteiger partial charge in [-0.1, -0.05) is 11.6 Å². The highest BCUT2D eigenvalue weighted by molar-refractivity contribution is 6.33. The molecule has 7 nitrogen and oxygen atoms in total. The van der Waals surface area contributed by atoms with Crippen LogP contribution in [-0.2, 0) is 11.8 Å².